The van der Waals surface area contributed by atoms with Gasteiger partial charge in [0.25, 0.3) is 0 Å². The van der Waals surface area contributed by atoms with Gasteiger partial charge in [-0.2, -0.15) is 0 Å². The van der Waals surface area contributed by atoms with Crippen molar-refractivity contribution in [3.8, 4) is 0 Å². The highest BCUT2D eigenvalue weighted by molar-refractivity contribution is 5.96. The Hall–Kier alpha value is -1.84. The molecule has 1 amide bonds. The molecule has 2 aromatic rings. The molecule has 22 heavy (non-hydrogen) atoms. The Bertz CT molecular complexity index is 708. The molecular weight excluding hydrogens is 274 g/mol. The fourth-order valence-electron chi connectivity index (χ4n) is 3.65. The van der Waals surface area contributed by atoms with Gasteiger partial charge in [-0.15, -0.1) is 0 Å². The molecule has 0 radical (unpaired) electrons. The van der Waals surface area contributed by atoms with Crippen LogP contribution in [0.15, 0.2) is 18.2 Å². The maximum atomic E-state index is 12.5. The lowest BCUT2D eigenvalue weighted by molar-refractivity contribution is -0.124. The lowest BCUT2D eigenvalue weighted by atomic mass is 9.85. The van der Waals surface area contributed by atoms with Crippen LogP contribution in [0.25, 0.3) is 11.0 Å². The van der Waals surface area contributed by atoms with Crippen molar-refractivity contribution in [1.29, 1.82) is 0 Å². The molecular formula is C18H23N3O. The normalized spacial score (nSPS) is 21.0. The number of H-pyrrole nitrogens is 1. The van der Waals surface area contributed by atoms with Crippen LogP contribution in [0.5, 0.6) is 0 Å². The predicted octanol–water partition coefficient (Wildman–Crippen LogP) is 4.35. The number of rotatable bonds is 3. The van der Waals surface area contributed by atoms with Crippen molar-refractivity contribution in [2.45, 2.75) is 57.8 Å². The van der Waals surface area contributed by atoms with Crippen LogP contribution in [0.3, 0.4) is 0 Å². The fourth-order valence-corrected chi connectivity index (χ4v) is 3.65. The van der Waals surface area contributed by atoms with Gasteiger partial charge in [0.15, 0.2) is 0 Å². The molecule has 2 aliphatic carbocycles. The number of benzene rings is 1. The van der Waals surface area contributed by atoms with Crippen molar-refractivity contribution in [3.05, 3.63) is 24.0 Å². The first-order valence-electron chi connectivity index (χ1n) is 8.45. The van der Waals surface area contributed by atoms with Crippen molar-refractivity contribution in [3.63, 3.8) is 0 Å². The van der Waals surface area contributed by atoms with Crippen LogP contribution in [0.1, 0.15) is 63.6 Å². The van der Waals surface area contributed by atoms with Crippen LogP contribution >= 0.6 is 0 Å². The SMILES string of the molecule is CC1(C(=O)Nc2ccc3nc(C4CCC4)[nH]c3c2)CCCC1. The number of imidazole rings is 1. The molecule has 0 atom stereocenters. The van der Waals surface area contributed by atoms with E-state index in [9.17, 15) is 4.79 Å². The van der Waals surface area contributed by atoms with Crippen molar-refractivity contribution < 1.29 is 4.79 Å². The monoisotopic (exact) mass is 297 g/mol. The van der Waals surface area contributed by atoms with Crippen LogP contribution in [0, 0.1) is 5.41 Å². The van der Waals surface area contributed by atoms with Gasteiger partial charge in [-0.1, -0.05) is 26.2 Å². The number of hydrogen-bond acceptors (Lipinski definition) is 2. The third-order valence-corrected chi connectivity index (χ3v) is 5.51. The van der Waals surface area contributed by atoms with Gasteiger partial charge in [-0.05, 0) is 43.9 Å². The van der Waals surface area contributed by atoms with Crippen molar-refractivity contribution in [2.24, 2.45) is 5.41 Å². The minimum Gasteiger partial charge on any atom is -0.342 e. The van der Waals surface area contributed by atoms with Gasteiger partial charge in [0, 0.05) is 17.0 Å². The zero-order chi connectivity index (χ0) is 15.2. The van der Waals surface area contributed by atoms with Gasteiger partial charge in [-0.3, -0.25) is 4.79 Å². The number of aromatic amines is 1. The Labute approximate surface area is 130 Å². The second kappa shape index (κ2) is 5.11. The van der Waals surface area contributed by atoms with E-state index in [2.05, 4.69) is 22.2 Å². The molecule has 0 bridgehead atoms. The number of amides is 1. The second-order valence-corrected chi connectivity index (χ2v) is 7.20. The summed E-state index contributed by atoms with van der Waals surface area (Å²) in [7, 11) is 0. The van der Waals surface area contributed by atoms with E-state index < -0.39 is 0 Å². The molecule has 2 aliphatic rings. The van der Waals surface area contributed by atoms with E-state index >= 15 is 0 Å². The van der Waals surface area contributed by atoms with E-state index in [1.807, 2.05) is 18.2 Å². The van der Waals surface area contributed by atoms with Crippen LogP contribution in [0.2, 0.25) is 0 Å². The number of anilines is 1. The second-order valence-electron chi connectivity index (χ2n) is 7.20. The first kappa shape index (κ1) is 13.8. The van der Waals surface area contributed by atoms with Gasteiger partial charge in [-0.25, -0.2) is 4.98 Å². The van der Waals surface area contributed by atoms with Crippen molar-refractivity contribution >= 4 is 22.6 Å². The number of carbonyl (C=O) groups is 1. The molecule has 4 rings (SSSR count). The lowest BCUT2D eigenvalue weighted by Gasteiger charge is -2.22. The smallest absolute Gasteiger partial charge is 0.230 e. The third-order valence-electron chi connectivity index (χ3n) is 5.51. The summed E-state index contributed by atoms with van der Waals surface area (Å²) in [5.74, 6) is 1.86. The minimum absolute atomic E-state index is 0.156. The number of carbonyl (C=O) groups excluding carboxylic acids is 1. The molecule has 116 valence electrons. The molecule has 0 saturated heterocycles. The van der Waals surface area contributed by atoms with E-state index in [4.69, 9.17) is 0 Å². The Morgan fingerprint density at radius 3 is 2.73 bits per heavy atom. The summed E-state index contributed by atoms with van der Waals surface area (Å²) >= 11 is 0. The molecule has 0 spiro atoms. The van der Waals surface area contributed by atoms with Crippen molar-refractivity contribution in [1.82, 2.24) is 9.97 Å². The van der Waals surface area contributed by atoms with Gasteiger partial charge >= 0.3 is 0 Å². The summed E-state index contributed by atoms with van der Waals surface area (Å²) in [5.41, 5.74) is 2.69. The van der Waals surface area contributed by atoms with E-state index in [-0.39, 0.29) is 11.3 Å². The summed E-state index contributed by atoms with van der Waals surface area (Å²) in [5, 5.41) is 3.10. The summed E-state index contributed by atoms with van der Waals surface area (Å²) in [4.78, 5) is 20.6. The first-order chi connectivity index (χ1) is 10.6. The summed E-state index contributed by atoms with van der Waals surface area (Å²) in [6.45, 7) is 2.08. The molecule has 4 nitrogen and oxygen atoms in total. The van der Waals surface area contributed by atoms with Crippen LogP contribution in [0.4, 0.5) is 5.69 Å². The molecule has 2 saturated carbocycles. The van der Waals surface area contributed by atoms with E-state index in [1.54, 1.807) is 0 Å². The average molecular weight is 297 g/mol. The molecule has 0 unspecified atom stereocenters. The topological polar surface area (TPSA) is 57.8 Å². The lowest BCUT2D eigenvalue weighted by Crippen LogP contribution is -2.30. The van der Waals surface area contributed by atoms with Crippen molar-refractivity contribution in [2.75, 3.05) is 5.32 Å². The Balaban J connectivity index is 1.55. The first-order valence-corrected chi connectivity index (χ1v) is 8.45. The van der Waals surface area contributed by atoms with Gasteiger partial charge in [0.2, 0.25) is 5.91 Å². The number of aromatic nitrogens is 2. The molecule has 0 aliphatic heterocycles. The highest BCUT2D eigenvalue weighted by Crippen LogP contribution is 2.39. The molecule has 1 aromatic heterocycles. The van der Waals surface area contributed by atoms with E-state index in [0.717, 1.165) is 48.2 Å². The summed E-state index contributed by atoms with van der Waals surface area (Å²) in [6, 6.07) is 5.98. The van der Waals surface area contributed by atoms with E-state index in [0.29, 0.717) is 5.92 Å². The number of fused-ring (bicyclic) bond motifs is 1. The van der Waals surface area contributed by atoms with Gasteiger partial charge in [0.05, 0.1) is 11.0 Å². The number of nitrogens with zero attached hydrogens (tertiary/aromatic N) is 1. The predicted molar refractivity (Wildman–Crippen MR) is 87.9 cm³/mol. The third kappa shape index (κ3) is 2.31. The van der Waals surface area contributed by atoms with Crippen LogP contribution in [-0.4, -0.2) is 15.9 Å². The standard InChI is InChI=1S/C18H23N3O/c1-18(9-2-3-10-18)17(22)19-13-7-8-14-15(11-13)21-16(20-14)12-5-4-6-12/h7-8,11-12H,2-6,9-10H2,1H3,(H,19,22)(H,20,21). The van der Waals surface area contributed by atoms with Gasteiger partial charge in [0.1, 0.15) is 5.82 Å². The maximum Gasteiger partial charge on any atom is 0.230 e. The fraction of sp³-hybridized carbons (Fsp3) is 0.556. The molecule has 1 heterocycles. The minimum atomic E-state index is -0.194. The van der Waals surface area contributed by atoms with Crippen LogP contribution < -0.4 is 5.32 Å². The van der Waals surface area contributed by atoms with Crippen LogP contribution in [-0.2, 0) is 4.79 Å². The number of nitrogens with one attached hydrogen (secondary N) is 2. The Morgan fingerprint density at radius 1 is 1.27 bits per heavy atom. The molecule has 2 N–H and O–H groups in total. The quantitative estimate of drug-likeness (QED) is 0.885. The zero-order valence-electron chi connectivity index (χ0n) is 13.1. The molecule has 2 fully saturated rings. The average Bonchev–Trinajstić information content (AvgIpc) is 3.03. The highest BCUT2D eigenvalue weighted by atomic mass is 16.2. The zero-order valence-corrected chi connectivity index (χ0v) is 13.1. The van der Waals surface area contributed by atoms with E-state index in [1.165, 1.54) is 19.3 Å². The van der Waals surface area contributed by atoms with Gasteiger partial charge < -0.3 is 10.3 Å². The Kier molecular flexibility index (Phi) is 3.21. The Morgan fingerprint density at radius 2 is 2.05 bits per heavy atom. The summed E-state index contributed by atoms with van der Waals surface area (Å²) in [6.07, 6.45) is 8.10. The number of hydrogen-bond donors (Lipinski definition) is 2. The maximum absolute atomic E-state index is 12.5. The molecule has 1 aromatic carbocycles. The molecule has 4 heteroatoms. The summed E-state index contributed by atoms with van der Waals surface area (Å²) < 4.78 is 0. The largest absolute Gasteiger partial charge is 0.342 e. The highest BCUT2D eigenvalue weighted by Gasteiger charge is 2.36.